The van der Waals surface area contributed by atoms with Crippen LogP contribution in [0.25, 0.3) is 0 Å². The summed E-state index contributed by atoms with van der Waals surface area (Å²) in [4.78, 5) is 0. The van der Waals surface area contributed by atoms with Crippen LogP contribution in [0.3, 0.4) is 0 Å². The molecule has 0 saturated heterocycles. The largest absolute Gasteiger partial charge is 0.0620 e. The summed E-state index contributed by atoms with van der Waals surface area (Å²) in [7, 11) is 0. The van der Waals surface area contributed by atoms with Crippen molar-refractivity contribution < 1.29 is 0 Å². The van der Waals surface area contributed by atoms with Crippen LogP contribution in [0, 0.1) is 17.3 Å². The van der Waals surface area contributed by atoms with Crippen LogP contribution in [0.1, 0.15) is 33.1 Å². The van der Waals surface area contributed by atoms with E-state index in [1.54, 1.807) is 0 Å². The second-order valence-corrected chi connectivity index (χ2v) is 3.88. The van der Waals surface area contributed by atoms with Gasteiger partial charge in [-0.15, -0.1) is 0 Å². The second kappa shape index (κ2) is 1.12. The molecule has 2 aliphatic rings. The molecule has 3 atom stereocenters. The van der Waals surface area contributed by atoms with Crippen molar-refractivity contribution in [1.29, 1.82) is 0 Å². The van der Waals surface area contributed by atoms with Gasteiger partial charge in [0.1, 0.15) is 0 Å². The van der Waals surface area contributed by atoms with Gasteiger partial charge < -0.3 is 0 Å². The summed E-state index contributed by atoms with van der Waals surface area (Å²) in [5.74, 6) is 2.18. The summed E-state index contributed by atoms with van der Waals surface area (Å²) >= 11 is 0. The van der Waals surface area contributed by atoms with E-state index in [9.17, 15) is 0 Å². The quantitative estimate of drug-likeness (QED) is 0.449. The number of rotatable bonds is 0. The maximum Gasteiger partial charge on any atom is -0.0272 e. The van der Waals surface area contributed by atoms with Gasteiger partial charge in [-0.1, -0.05) is 13.8 Å². The van der Waals surface area contributed by atoms with Crippen LogP contribution in [0.2, 0.25) is 0 Å². The molecule has 2 fully saturated rings. The predicted molar refractivity (Wildman–Crippen MR) is 34.6 cm³/mol. The summed E-state index contributed by atoms with van der Waals surface area (Å²) in [5, 5.41) is 0. The fourth-order valence-electron chi connectivity index (χ4n) is 2.38. The van der Waals surface area contributed by atoms with Crippen molar-refractivity contribution >= 4 is 0 Å². The minimum Gasteiger partial charge on any atom is -0.0620 e. The topological polar surface area (TPSA) is 0 Å². The number of hydrogen-bond acceptors (Lipinski definition) is 0. The summed E-state index contributed by atoms with van der Waals surface area (Å²) < 4.78 is 0. The molecule has 8 heavy (non-hydrogen) atoms. The minimum atomic E-state index is 0.819. The highest BCUT2D eigenvalue weighted by molar-refractivity contribution is 5.04. The molecule has 0 aromatic carbocycles. The summed E-state index contributed by atoms with van der Waals surface area (Å²) in [6.07, 6.45) is 4.57. The fraction of sp³-hybridized carbons (Fsp3) is 1.00. The lowest BCUT2D eigenvalue weighted by atomic mass is 9.44. The van der Waals surface area contributed by atoms with Gasteiger partial charge in [0.15, 0.2) is 0 Å². The van der Waals surface area contributed by atoms with E-state index in [1.807, 2.05) is 0 Å². The van der Waals surface area contributed by atoms with Crippen molar-refractivity contribution in [3.63, 3.8) is 0 Å². The highest BCUT2D eigenvalue weighted by Gasteiger charge is 2.54. The molecule has 0 aromatic heterocycles. The van der Waals surface area contributed by atoms with Crippen LogP contribution < -0.4 is 0 Å². The van der Waals surface area contributed by atoms with E-state index in [1.165, 1.54) is 19.3 Å². The van der Waals surface area contributed by atoms with E-state index >= 15 is 0 Å². The third-order valence-electron chi connectivity index (χ3n) is 3.73. The minimum absolute atomic E-state index is 0.819. The molecule has 0 aliphatic heterocycles. The Bertz CT molecular complexity index is 111. The van der Waals surface area contributed by atoms with Gasteiger partial charge in [0.25, 0.3) is 0 Å². The first-order valence-corrected chi connectivity index (χ1v) is 3.73. The van der Waals surface area contributed by atoms with Gasteiger partial charge in [-0.3, -0.25) is 0 Å². The van der Waals surface area contributed by atoms with Crippen LogP contribution in [0.15, 0.2) is 0 Å². The van der Waals surface area contributed by atoms with Crippen molar-refractivity contribution in [3.8, 4) is 0 Å². The molecule has 0 spiro atoms. The molecule has 2 aliphatic carbocycles. The molecule has 0 nitrogen and oxygen atoms in total. The monoisotopic (exact) mass is 110 g/mol. The molecule has 0 amide bonds. The zero-order valence-electron chi connectivity index (χ0n) is 5.78. The molecule has 0 radical (unpaired) electrons. The van der Waals surface area contributed by atoms with E-state index in [4.69, 9.17) is 0 Å². The van der Waals surface area contributed by atoms with Gasteiger partial charge >= 0.3 is 0 Å². The Morgan fingerprint density at radius 2 is 2.25 bits per heavy atom. The Balaban J connectivity index is 2.12. The van der Waals surface area contributed by atoms with Crippen molar-refractivity contribution in [2.45, 2.75) is 33.1 Å². The summed E-state index contributed by atoms with van der Waals surface area (Å²) in [5.41, 5.74) is 0.819. The Labute approximate surface area is 51.3 Å². The SMILES string of the molecule is C[C@@H]1C[C@@H]2CC[C@@]21C. The average molecular weight is 110 g/mol. The van der Waals surface area contributed by atoms with Crippen molar-refractivity contribution in [1.82, 2.24) is 0 Å². The highest BCUT2D eigenvalue weighted by atomic mass is 14.6. The van der Waals surface area contributed by atoms with Crippen molar-refractivity contribution in [3.05, 3.63) is 0 Å². The molecule has 2 rings (SSSR count). The maximum atomic E-state index is 2.45. The lowest BCUT2D eigenvalue weighted by Gasteiger charge is -2.61. The van der Waals surface area contributed by atoms with E-state index in [0.29, 0.717) is 0 Å². The first kappa shape index (κ1) is 4.84. The summed E-state index contributed by atoms with van der Waals surface area (Å²) in [6.45, 7) is 4.85. The highest BCUT2D eigenvalue weighted by Crippen LogP contribution is 2.63. The lowest BCUT2D eigenvalue weighted by Crippen LogP contribution is -2.52. The van der Waals surface area contributed by atoms with Gasteiger partial charge in [0, 0.05) is 0 Å². The Morgan fingerprint density at radius 1 is 1.50 bits per heavy atom. The van der Waals surface area contributed by atoms with Crippen LogP contribution in [-0.4, -0.2) is 0 Å². The van der Waals surface area contributed by atoms with E-state index in [-0.39, 0.29) is 0 Å². The van der Waals surface area contributed by atoms with E-state index in [2.05, 4.69) is 13.8 Å². The number of hydrogen-bond donors (Lipinski definition) is 0. The lowest BCUT2D eigenvalue weighted by molar-refractivity contribution is -0.117. The Kier molecular flexibility index (Phi) is 0.678. The third kappa shape index (κ3) is 0.310. The normalized spacial score (nSPS) is 60.8. The first-order valence-electron chi connectivity index (χ1n) is 3.73. The fourth-order valence-corrected chi connectivity index (χ4v) is 2.38. The van der Waals surface area contributed by atoms with Gasteiger partial charge in [0.2, 0.25) is 0 Å². The maximum absolute atomic E-state index is 2.45. The van der Waals surface area contributed by atoms with Crippen molar-refractivity contribution in [2.24, 2.45) is 17.3 Å². The zero-order chi connectivity index (χ0) is 5.78. The molecule has 0 bridgehead atoms. The van der Waals surface area contributed by atoms with E-state index in [0.717, 1.165) is 17.3 Å². The molecule has 0 unspecified atom stereocenters. The first-order chi connectivity index (χ1) is 3.73. The van der Waals surface area contributed by atoms with Crippen LogP contribution >= 0.6 is 0 Å². The Morgan fingerprint density at radius 3 is 2.25 bits per heavy atom. The third-order valence-corrected chi connectivity index (χ3v) is 3.73. The van der Waals surface area contributed by atoms with Crippen LogP contribution in [0.5, 0.6) is 0 Å². The molecule has 2 saturated carbocycles. The molecule has 0 heterocycles. The smallest absolute Gasteiger partial charge is 0.0272 e. The van der Waals surface area contributed by atoms with Crippen LogP contribution in [0.4, 0.5) is 0 Å². The molecule has 0 heteroatoms. The Hall–Kier alpha value is 0. The molecular weight excluding hydrogens is 96.1 g/mol. The molecule has 46 valence electrons. The van der Waals surface area contributed by atoms with E-state index < -0.39 is 0 Å². The predicted octanol–water partition coefficient (Wildman–Crippen LogP) is 2.44. The number of fused-ring (bicyclic) bond motifs is 1. The standard InChI is InChI=1S/C8H14/c1-6-5-7-3-4-8(6,7)2/h6-7H,3-5H2,1-2H3/t6-,7+,8-/m1/s1. The van der Waals surface area contributed by atoms with Gasteiger partial charge in [-0.25, -0.2) is 0 Å². The van der Waals surface area contributed by atoms with Crippen LogP contribution in [-0.2, 0) is 0 Å². The molecular formula is C8H14. The zero-order valence-corrected chi connectivity index (χ0v) is 5.78. The molecule has 0 aromatic rings. The van der Waals surface area contributed by atoms with Gasteiger partial charge in [0.05, 0.1) is 0 Å². The van der Waals surface area contributed by atoms with Crippen molar-refractivity contribution in [2.75, 3.05) is 0 Å². The van der Waals surface area contributed by atoms with Gasteiger partial charge in [-0.2, -0.15) is 0 Å². The molecule has 0 N–H and O–H groups in total. The second-order valence-electron chi connectivity index (χ2n) is 3.88. The van der Waals surface area contributed by atoms with Gasteiger partial charge in [-0.05, 0) is 36.5 Å². The average Bonchev–Trinajstić information content (AvgIpc) is 1.79. The summed E-state index contributed by atoms with van der Waals surface area (Å²) in [6, 6.07) is 0.